The van der Waals surface area contributed by atoms with Gasteiger partial charge in [0.25, 0.3) is 5.91 Å². The second-order valence-corrected chi connectivity index (χ2v) is 7.62. The number of carbonyl (C=O) groups is 3. The lowest BCUT2D eigenvalue weighted by Crippen LogP contribution is -2.44. The summed E-state index contributed by atoms with van der Waals surface area (Å²) in [6.45, 7) is 3.49. The Morgan fingerprint density at radius 2 is 1.89 bits per heavy atom. The lowest BCUT2D eigenvalue weighted by molar-refractivity contribution is -0.134. The van der Waals surface area contributed by atoms with Gasteiger partial charge in [-0.1, -0.05) is 43.3 Å². The Balaban J connectivity index is 1.77. The molecule has 7 heteroatoms. The lowest BCUT2D eigenvalue weighted by atomic mass is 9.87. The molecule has 140 valence electrons. The van der Waals surface area contributed by atoms with E-state index in [-0.39, 0.29) is 6.54 Å². The summed E-state index contributed by atoms with van der Waals surface area (Å²) in [5.41, 5.74) is 1.32. The van der Waals surface area contributed by atoms with E-state index in [1.54, 1.807) is 18.2 Å². The first-order valence-electron chi connectivity index (χ1n) is 8.63. The molecule has 1 aliphatic rings. The Kier molecular flexibility index (Phi) is 5.50. The van der Waals surface area contributed by atoms with Gasteiger partial charge in [0.2, 0.25) is 5.91 Å². The Morgan fingerprint density at radius 3 is 2.52 bits per heavy atom. The highest BCUT2D eigenvalue weighted by atomic mass is 127. The van der Waals surface area contributed by atoms with Crippen LogP contribution in [-0.2, 0) is 15.1 Å². The van der Waals surface area contributed by atoms with Crippen molar-refractivity contribution in [1.29, 1.82) is 0 Å². The number of aryl methyl sites for hydroxylation is 1. The van der Waals surface area contributed by atoms with Gasteiger partial charge in [-0.25, -0.2) is 4.79 Å². The Bertz CT molecular complexity index is 901. The smallest absolute Gasteiger partial charge is 0.324 e. The number of rotatable bonds is 5. The van der Waals surface area contributed by atoms with Crippen LogP contribution in [0.5, 0.6) is 0 Å². The first kappa shape index (κ1) is 19.3. The van der Waals surface area contributed by atoms with Crippen molar-refractivity contribution in [3.63, 3.8) is 0 Å². The second kappa shape index (κ2) is 7.67. The van der Waals surface area contributed by atoms with Crippen LogP contribution in [0.3, 0.4) is 0 Å². The number of halogens is 1. The monoisotopic (exact) mass is 477 g/mol. The van der Waals surface area contributed by atoms with E-state index < -0.39 is 23.4 Å². The summed E-state index contributed by atoms with van der Waals surface area (Å²) in [5, 5.41) is 5.52. The van der Waals surface area contributed by atoms with Gasteiger partial charge in [0.1, 0.15) is 12.1 Å². The highest BCUT2D eigenvalue weighted by Crippen LogP contribution is 2.32. The van der Waals surface area contributed by atoms with Gasteiger partial charge in [-0.15, -0.1) is 0 Å². The summed E-state index contributed by atoms with van der Waals surface area (Å²) < 4.78 is 1.02. The zero-order valence-electron chi connectivity index (χ0n) is 15.1. The van der Waals surface area contributed by atoms with E-state index in [1.807, 2.05) is 44.2 Å². The van der Waals surface area contributed by atoms with Crippen molar-refractivity contribution < 1.29 is 14.4 Å². The maximum Gasteiger partial charge on any atom is 0.325 e. The van der Waals surface area contributed by atoms with Crippen molar-refractivity contribution in [1.82, 2.24) is 10.2 Å². The largest absolute Gasteiger partial charge is 0.325 e. The van der Waals surface area contributed by atoms with Crippen molar-refractivity contribution in [2.24, 2.45) is 0 Å². The topological polar surface area (TPSA) is 78.5 Å². The van der Waals surface area contributed by atoms with E-state index >= 15 is 0 Å². The van der Waals surface area contributed by atoms with Gasteiger partial charge < -0.3 is 10.6 Å². The molecule has 2 aromatic rings. The van der Waals surface area contributed by atoms with Crippen molar-refractivity contribution in [2.45, 2.75) is 25.8 Å². The third-order valence-electron chi connectivity index (χ3n) is 4.73. The first-order chi connectivity index (χ1) is 12.9. The summed E-state index contributed by atoms with van der Waals surface area (Å²) in [6.07, 6.45) is 0.399. The fourth-order valence-electron chi connectivity index (χ4n) is 3.15. The van der Waals surface area contributed by atoms with Crippen LogP contribution < -0.4 is 10.6 Å². The molecule has 1 fully saturated rings. The quantitative estimate of drug-likeness (QED) is 0.512. The zero-order valence-corrected chi connectivity index (χ0v) is 17.2. The van der Waals surface area contributed by atoms with Crippen LogP contribution in [-0.4, -0.2) is 29.3 Å². The van der Waals surface area contributed by atoms with Crippen molar-refractivity contribution in [2.75, 3.05) is 11.9 Å². The number of hydrogen-bond acceptors (Lipinski definition) is 3. The number of benzene rings is 2. The average molecular weight is 477 g/mol. The molecular weight excluding hydrogens is 457 g/mol. The van der Waals surface area contributed by atoms with E-state index in [1.165, 1.54) is 0 Å². The summed E-state index contributed by atoms with van der Waals surface area (Å²) in [5.74, 6) is -0.826. The molecule has 6 nitrogen and oxygen atoms in total. The highest BCUT2D eigenvalue weighted by Gasteiger charge is 2.51. The molecule has 0 spiro atoms. The van der Waals surface area contributed by atoms with Gasteiger partial charge in [-0.3, -0.25) is 14.5 Å². The fraction of sp³-hybridized carbons (Fsp3) is 0.250. The van der Waals surface area contributed by atoms with Crippen LogP contribution in [0.25, 0.3) is 0 Å². The molecule has 1 aliphatic heterocycles. The number of hydrogen-bond donors (Lipinski definition) is 2. The van der Waals surface area contributed by atoms with E-state index in [9.17, 15) is 14.4 Å². The molecule has 2 N–H and O–H groups in total. The van der Waals surface area contributed by atoms with Gasteiger partial charge in [0.05, 0.1) is 0 Å². The number of imide groups is 1. The van der Waals surface area contributed by atoms with Crippen LogP contribution in [0.15, 0.2) is 48.5 Å². The predicted octanol–water partition coefficient (Wildman–Crippen LogP) is 3.40. The maximum absolute atomic E-state index is 13.0. The van der Waals surface area contributed by atoms with Crippen molar-refractivity contribution in [3.8, 4) is 0 Å². The van der Waals surface area contributed by atoms with Crippen LogP contribution in [0.2, 0.25) is 0 Å². The first-order valence-corrected chi connectivity index (χ1v) is 9.71. The number of amides is 4. The van der Waals surface area contributed by atoms with Crippen LogP contribution in [0, 0.1) is 10.5 Å². The summed E-state index contributed by atoms with van der Waals surface area (Å²) in [7, 11) is 0. The van der Waals surface area contributed by atoms with Gasteiger partial charge >= 0.3 is 6.03 Å². The maximum atomic E-state index is 13.0. The molecule has 1 atom stereocenters. The molecule has 0 aliphatic carbocycles. The molecule has 2 aromatic carbocycles. The van der Waals surface area contributed by atoms with E-state index in [4.69, 9.17) is 0 Å². The summed E-state index contributed by atoms with van der Waals surface area (Å²) in [4.78, 5) is 38.8. The second-order valence-electron chi connectivity index (χ2n) is 6.46. The minimum atomic E-state index is -1.13. The predicted molar refractivity (Wildman–Crippen MR) is 111 cm³/mol. The molecule has 0 aromatic heterocycles. The molecule has 27 heavy (non-hydrogen) atoms. The number of carbonyl (C=O) groups excluding carboxylic acids is 3. The molecule has 3 rings (SSSR count). The standard InChI is InChI=1S/C20H20IN3O3/c1-3-20(14-7-5-4-6-8-14)18(26)24(19(27)23-20)12-17(25)22-15-10-9-13(2)16(21)11-15/h4-11H,3,12H2,1-2H3,(H,22,25)(H,23,27). The van der Waals surface area contributed by atoms with Gasteiger partial charge in [0, 0.05) is 9.26 Å². The third kappa shape index (κ3) is 3.69. The minimum Gasteiger partial charge on any atom is -0.324 e. The van der Waals surface area contributed by atoms with E-state index in [0.717, 1.165) is 14.0 Å². The molecule has 0 radical (unpaired) electrons. The summed E-state index contributed by atoms with van der Waals surface area (Å²) in [6, 6.07) is 14.1. The van der Waals surface area contributed by atoms with Crippen molar-refractivity contribution in [3.05, 3.63) is 63.2 Å². The van der Waals surface area contributed by atoms with Gasteiger partial charge in [-0.2, -0.15) is 0 Å². The third-order valence-corrected chi connectivity index (χ3v) is 5.89. The average Bonchev–Trinajstić information content (AvgIpc) is 2.90. The molecule has 1 heterocycles. The van der Waals surface area contributed by atoms with Gasteiger partial charge in [-0.05, 0) is 59.2 Å². The van der Waals surface area contributed by atoms with E-state index in [2.05, 4.69) is 33.2 Å². The fourth-order valence-corrected chi connectivity index (χ4v) is 3.66. The SMILES string of the molecule is CCC1(c2ccccc2)NC(=O)N(CC(=O)Nc2ccc(C)c(I)c2)C1=O. The van der Waals surface area contributed by atoms with Crippen LogP contribution >= 0.6 is 22.6 Å². The number of anilines is 1. The minimum absolute atomic E-state index is 0.330. The molecule has 4 amide bonds. The van der Waals surface area contributed by atoms with Crippen LogP contribution in [0.1, 0.15) is 24.5 Å². The molecule has 0 bridgehead atoms. The molecular formula is C20H20IN3O3. The van der Waals surface area contributed by atoms with E-state index in [0.29, 0.717) is 17.7 Å². The number of urea groups is 1. The molecule has 1 unspecified atom stereocenters. The van der Waals surface area contributed by atoms with Crippen LogP contribution in [0.4, 0.5) is 10.5 Å². The Morgan fingerprint density at radius 1 is 1.19 bits per heavy atom. The molecule has 1 saturated heterocycles. The Labute approximate surface area is 171 Å². The summed E-state index contributed by atoms with van der Waals surface area (Å²) >= 11 is 2.19. The lowest BCUT2D eigenvalue weighted by Gasteiger charge is -2.25. The number of nitrogens with one attached hydrogen (secondary N) is 2. The highest BCUT2D eigenvalue weighted by molar-refractivity contribution is 14.1. The number of nitrogens with zero attached hydrogens (tertiary/aromatic N) is 1. The van der Waals surface area contributed by atoms with Gasteiger partial charge in [0.15, 0.2) is 0 Å². The molecule has 0 saturated carbocycles. The normalized spacial score (nSPS) is 19.1. The zero-order chi connectivity index (χ0) is 19.6. The van der Waals surface area contributed by atoms with Crippen molar-refractivity contribution >= 4 is 46.1 Å². The Hall–Kier alpha value is -2.42.